The SMILES string of the molecule is CCNC(=NCc1nnc(C)n1C)NC1CC2CCC1O2. The summed E-state index contributed by atoms with van der Waals surface area (Å²) in [6.07, 6.45) is 4.23. The van der Waals surface area contributed by atoms with E-state index in [2.05, 4.69) is 32.7 Å². The predicted octanol–water partition coefficient (Wildman–Crippen LogP) is 0.499. The molecule has 2 fully saturated rings. The molecule has 116 valence electrons. The van der Waals surface area contributed by atoms with Gasteiger partial charge in [-0.3, -0.25) is 0 Å². The number of rotatable bonds is 4. The minimum absolute atomic E-state index is 0.343. The van der Waals surface area contributed by atoms with Gasteiger partial charge < -0.3 is 19.9 Å². The van der Waals surface area contributed by atoms with Crippen LogP contribution in [-0.2, 0) is 18.3 Å². The smallest absolute Gasteiger partial charge is 0.192 e. The lowest BCUT2D eigenvalue weighted by Crippen LogP contribution is -2.47. The molecule has 3 rings (SSSR count). The molecule has 3 atom stereocenters. The first-order valence-corrected chi connectivity index (χ1v) is 7.72. The van der Waals surface area contributed by atoms with Crippen LogP contribution in [-0.4, -0.2) is 45.5 Å². The standard InChI is InChI=1S/C14H24N6O/c1-4-15-14(16-8-13-19-18-9(2)20(13)3)17-11-7-10-5-6-12(11)21-10/h10-12H,4-8H2,1-3H3,(H2,15,16,17). The van der Waals surface area contributed by atoms with E-state index >= 15 is 0 Å². The van der Waals surface area contributed by atoms with Crippen molar-refractivity contribution in [3.63, 3.8) is 0 Å². The first-order chi connectivity index (χ1) is 10.2. The largest absolute Gasteiger partial charge is 0.373 e. The number of aryl methyl sites for hydroxylation is 1. The first-order valence-electron chi connectivity index (χ1n) is 7.72. The molecule has 0 amide bonds. The summed E-state index contributed by atoms with van der Waals surface area (Å²) in [5, 5.41) is 15.0. The lowest BCUT2D eigenvalue weighted by Gasteiger charge is -2.22. The molecular formula is C14H24N6O. The van der Waals surface area contributed by atoms with Crippen molar-refractivity contribution in [1.29, 1.82) is 0 Å². The maximum Gasteiger partial charge on any atom is 0.192 e. The fourth-order valence-corrected chi connectivity index (χ4v) is 3.02. The summed E-state index contributed by atoms with van der Waals surface area (Å²) >= 11 is 0. The lowest BCUT2D eigenvalue weighted by atomic mass is 9.96. The maximum absolute atomic E-state index is 5.88. The van der Waals surface area contributed by atoms with Crippen molar-refractivity contribution in [2.75, 3.05) is 6.54 Å². The quantitative estimate of drug-likeness (QED) is 0.624. The highest BCUT2D eigenvalue weighted by Gasteiger charge is 2.41. The zero-order valence-corrected chi connectivity index (χ0v) is 13.0. The van der Waals surface area contributed by atoms with Gasteiger partial charge in [-0.15, -0.1) is 10.2 Å². The Balaban J connectivity index is 1.63. The van der Waals surface area contributed by atoms with Gasteiger partial charge in [0, 0.05) is 13.6 Å². The van der Waals surface area contributed by atoms with Crippen LogP contribution in [0.5, 0.6) is 0 Å². The van der Waals surface area contributed by atoms with Gasteiger partial charge in [-0.2, -0.15) is 0 Å². The molecule has 3 heterocycles. The summed E-state index contributed by atoms with van der Waals surface area (Å²) in [4.78, 5) is 4.62. The highest BCUT2D eigenvalue weighted by Crippen LogP contribution is 2.34. The number of aromatic nitrogens is 3. The van der Waals surface area contributed by atoms with E-state index in [-0.39, 0.29) is 0 Å². The van der Waals surface area contributed by atoms with E-state index in [1.54, 1.807) is 0 Å². The molecule has 0 aliphatic carbocycles. The van der Waals surface area contributed by atoms with E-state index in [1.807, 2.05) is 18.5 Å². The van der Waals surface area contributed by atoms with Gasteiger partial charge >= 0.3 is 0 Å². The van der Waals surface area contributed by atoms with Crippen molar-refractivity contribution in [2.24, 2.45) is 12.0 Å². The van der Waals surface area contributed by atoms with Crippen molar-refractivity contribution < 1.29 is 4.74 Å². The fourth-order valence-electron chi connectivity index (χ4n) is 3.02. The summed E-state index contributed by atoms with van der Waals surface area (Å²) in [6, 6.07) is 0.378. The second kappa shape index (κ2) is 6.01. The van der Waals surface area contributed by atoms with E-state index in [0.717, 1.165) is 37.0 Å². The van der Waals surface area contributed by atoms with Crippen LogP contribution >= 0.6 is 0 Å². The minimum Gasteiger partial charge on any atom is -0.373 e. The minimum atomic E-state index is 0.343. The zero-order valence-electron chi connectivity index (χ0n) is 13.0. The van der Waals surface area contributed by atoms with Crippen LogP contribution in [0, 0.1) is 6.92 Å². The zero-order chi connectivity index (χ0) is 14.8. The third kappa shape index (κ3) is 3.02. The van der Waals surface area contributed by atoms with Crippen molar-refractivity contribution in [1.82, 2.24) is 25.4 Å². The molecule has 2 aliphatic rings. The van der Waals surface area contributed by atoms with Crippen molar-refractivity contribution >= 4 is 5.96 Å². The molecule has 21 heavy (non-hydrogen) atoms. The molecule has 0 aromatic carbocycles. The van der Waals surface area contributed by atoms with Crippen LogP contribution in [0.2, 0.25) is 0 Å². The second-order valence-electron chi connectivity index (χ2n) is 5.78. The van der Waals surface area contributed by atoms with Crippen molar-refractivity contribution in [2.45, 2.75) is 57.9 Å². The molecule has 0 radical (unpaired) electrons. The topological polar surface area (TPSA) is 76.4 Å². The van der Waals surface area contributed by atoms with Gasteiger partial charge in [0.25, 0.3) is 0 Å². The highest BCUT2D eigenvalue weighted by molar-refractivity contribution is 5.80. The molecule has 2 bridgehead atoms. The Morgan fingerprint density at radius 3 is 2.86 bits per heavy atom. The Labute approximate surface area is 125 Å². The van der Waals surface area contributed by atoms with Crippen LogP contribution in [0.1, 0.15) is 37.8 Å². The van der Waals surface area contributed by atoms with Crippen LogP contribution in [0.3, 0.4) is 0 Å². The van der Waals surface area contributed by atoms with Gasteiger partial charge in [0.1, 0.15) is 12.4 Å². The van der Waals surface area contributed by atoms with Crippen molar-refractivity contribution in [3.8, 4) is 0 Å². The van der Waals surface area contributed by atoms with E-state index in [0.29, 0.717) is 24.8 Å². The summed E-state index contributed by atoms with van der Waals surface area (Å²) in [6.45, 7) is 5.37. The molecule has 1 aromatic rings. The third-order valence-corrected chi connectivity index (χ3v) is 4.33. The average Bonchev–Trinajstić information content (AvgIpc) is 3.15. The number of hydrogen-bond acceptors (Lipinski definition) is 4. The van der Waals surface area contributed by atoms with E-state index in [4.69, 9.17) is 4.74 Å². The number of aliphatic imine (C=N–C) groups is 1. The Bertz CT molecular complexity index is 526. The molecule has 7 nitrogen and oxygen atoms in total. The molecule has 7 heteroatoms. The summed E-state index contributed by atoms with van der Waals surface area (Å²) in [5.41, 5.74) is 0. The van der Waals surface area contributed by atoms with Gasteiger partial charge in [0.2, 0.25) is 0 Å². The molecule has 1 aromatic heterocycles. The first kappa shape index (κ1) is 14.3. The van der Waals surface area contributed by atoms with Gasteiger partial charge in [-0.25, -0.2) is 4.99 Å². The Hall–Kier alpha value is -1.63. The number of fused-ring (bicyclic) bond motifs is 2. The summed E-state index contributed by atoms with van der Waals surface area (Å²) in [5.74, 6) is 2.60. The Morgan fingerprint density at radius 2 is 2.29 bits per heavy atom. The molecule has 2 aliphatic heterocycles. The normalized spacial score (nSPS) is 28.1. The highest BCUT2D eigenvalue weighted by atomic mass is 16.5. The van der Waals surface area contributed by atoms with E-state index < -0.39 is 0 Å². The van der Waals surface area contributed by atoms with E-state index in [9.17, 15) is 0 Å². The van der Waals surface area contributed by atoms with Crippen LogP contribution < -0.4 is 10.6 Å². The monoisotopic (exact) mass is 292 g/mol. The molecule has 0 saturated carbocycles. The van der Waals surface area contributed by atoms with Gasteiger partial charge in [0.15, 0.2) is 11.8 Å². The molecule has 0 spiro atoms. The lowest BCUT2D eigenvalue weighted by molar-refractivity contribution is 0.0992. The average molecular weight is 292 g/mol. The van der Waals surface area contributed by atoms with Gasteiger partial charge in [-0.05, 0) is 33.1 Å². The number of hydrogen-bond donors (Lipinski definition) is 2. The molecule has 2 N–H and O–H groups in total. The second-order valence-corrected chi connectivity index (χ2v) is 5.78. The van der Waals surface area contributed by atoms with E-state index in [1.165, 1.54) is 6.42 Å². The van der Waals surface area contributed by atoms with Crippen molar-refractivity contribution in [3.05, 3.63) is 11.6 Å². The Morgan fingerprint density at radius 1 is 1.43 bits per heavy atom. The van der Waals surface area contributed by atoms with Gasteiger partial charge in [-0.1, -0.05) is 0 Å². The predicted molar refractivity (Wildman–Crippen MR) is 80.0 cm³/mol. The molecule has 2 saturated heterocycles. The number of guanidine groups is 1. The summed E-state index contributed by atoms with van der Waals surface area (Å²) in [7, 11) is 1.96. The fraction of sp³-hybridized carbons (Fsp3) is 0.786. The maximum atomic E-state index is 5.88. The Kier molecular flexibility index (Phi) is 4.10. The number of nitrogens with zero attached hydrogens (tertiary/aromatic N) is 4. The van der Waals surface area contributed by atoms with Gasteiger partial charge in [0.05, 0.1) is 18.2 Å². The van der Waals surface area contributed by atoms with Crippen LogP contribution in [0.25, 0.3) is 0 Å². The molecular weight excluding hydrogens is 268 g/mol. The number of ether oxygens (including phenoxy) is 1. The van der Waals surface area contributed by atoms with Crippen LogP contribution in [0.4, 0.5) is 0 Å². The summed E-state index contributed by atoms with van der Waals surface area (Å²) < 4.78 is 7.84. The number of nitrogens with one attached hydrogen (secondary N) is 2. The molecule has 3 unspecified atom stereocenters. The third-order valence-electron chi connectivity index (χ3n) is 4.33. The van der Waals surface area contributed by atoms with Crippen LogP contribution in [0.15, 0.2) is 4.99 Å².